The third-order valence-corrected chi connectivity index (χ3v) is 4.33. The average molecular weight is 250 g/mol. The van der Waals surface area contributed by atoms with E-state index in [-0.39, 0.29) is 4.75 Å². The monoisotopic (exact) mass is 249 g/mol. The molecule has 0 N–H and O–H groups in total. The molecule has 3 nitrogen and oxygen atoms in total. The zero-order chi connectivity index (χ0) is 10.2. The Balaban J connectivity index is 2.16. The van der Waals surface area contributed by atoms with Crippen molar-refractivity contribution >= 4 is 40.9 Å². The van der Waals surface area contributed by atoms with E-state index in [4.69, 9.17) is 11.6 Å². The highest BCUT2D eigenvalue weighted by molar-refractivity contribution is 8.00. The van der Waals surface area contributed by atoms with Crippen molar-refractivity contribution in [2.75, 3.05) is 23.7 Å². The summed E-state index contributed by atoms with van der Waals surface area (Å²) in [6, 6.07) is 0. The van der Waals surface area contributed by atoms with Crippen LogP contribution in [-0.4, -0.2) is 32.3 Å². The van der Waals surface area contributed by atoms with Gasteiger partial charge in [-0.15, -0.1) is 0 Å². The number of anilines is 1. The van der Waals surface area contributed by atoms with Crippen LogP contribution in [0.15, 0.2) is 0 Å². The third kappa shape index (κ3) is 2.15. The van der Waals surface area contributed by atoms with Crippen LogP contribution in [-0.2, 0) is 0 Å². The normalized spacial score (nSPS) is 21.2. The summed E-state index contributed by atoms with van der Waals surface area (Å²) in [4.78, 5) is 2.22. The molecule has 0 radical (unpaired) electrons. The van der Waals surface area contributed by atoms with Gasteiger partial charge in [0.05, 0.1) is 11.7 Å². The molecule has 0 unspecified atom stereocenters. The van der Waals surface area contributed by atoms with E-state index in [0.29, 0.717) is 5.15 Å². The minimum Gasteiger partial charge on any atom is -0.351 e. The molecule has 1 fully saturated rings. The van der Waals surface area contributed by atoms with E-state index in [2.05, 4.69) is 27.5 Å². The summed E-state index contributed by atoms with van der Waals surface area (Å²) in [5, 5.41) is 0.540. The Morgan fingerprint density at radius 2 is 2.21 bits per heavy atom. The average Bonchev–Trinajstić information content (AvgIpc) is 2.49. The van der Waals surface area contributed by atoms with Gasteiger partial charge >= 0.3 is 0 Å². The molecule has 1 aromatic rings. The fourth-order valence-electron chi connectivity index (χ4n) is 1.56. The van der Waals surface area contributed by atoms with Crippen molar-refractivity contribution in [3.05, 3.63) is 5.15 Å². The Kier molecular flexibility index (Phi) is 2.91. The molecule has 0 spiro atoms. The minimum absolute atomic E-state index is 0.283. The molecule has 2 rings (SSSR count). The number of hydrogen-bond donors (Lipinski definition) is 0. The van der Waals surface area contributed by atoms with E-state index in [1.807, 2.05) is 11.8 Å². The fraction of sp³-hybridized carbons (Fsp3) is 0.750. The maximum Gasteiger partial charge on any atom is 0.187 e. The van der Waals surface area contributed by atoms with Gasteiger partial charge in [-0.2, -0.15) is 20.5 Å². The first-order chi connectivity index (χ1) is 6.58. The van der Waals surface area contributed by atoms with Crippen LogP contribution in [0.2, 0.25) is 5.15 Å². The summed E-state index contributed by atoms with van der Waals surface area (Å²) in [7, 11) is 0. The van der Waals surface area contributed by atoms with Gasteiger partial charge in [-0.1, -0.05) is 11.6 Å². The number of nitrogens with zero attached hydrogens (tertiary/aromatic N) is 3. The number of rotatable bonds is 1. The first-order valence-corrected chi connectivity index (χ1v) is 6.55. The molecule has 1 aromatic heterocycles. The first-order valence-electron chi connectivity index (χ1n) is 4.45. The third-order valence-electron chi connectivity index (χ3n) is 2.16. The van der Waals surface area contributed by atoms with Crippen LogP contribution >= 0.6 is 35.1 Å². The number of hydrogen-bond acceptors (Lipinski definition) is 5. The van der Waals surface area contributed by atoms with Gasteiger partial charge in [0.2, 0.25) is 0 Å². The standard InChI is InChI=1S/C8H12ClN3S2/c1-8(2)5-12(3-4-13-8)7-6(9)10-14-11-7/h3-5H2,1-2H3. The van der Waals surface area contributed by atoms with Gasteiger partial charge < -0.3 is 4.90 Å². The van der Waals surface area contributed by atoms with Crippen molar-refractivity contribution in [3.63, 3.8) is 0 Å². The predicted octanol–water partition coefficient (Wildman–Crippen LogP) is 2.52. The van der Waals surface area contributed by atoms with Crippen molar-refractivity contribution in [2.45, 2.75) is 18.6 Å². The summed E-state index contributed by atoms with van der Waals surface area (Å²) in [5.74, 6) is 1.98. The van der Waals surface area contributed by atoms with Crippen LogP contribution in [0.1, 0.15) is 13.8 Å². The molecular formula is C8H12ClN3S2. The molecule has 1 aliphatic heterocycles. The molecule has 6 heteroatoms. The molecule has 0 bridgehead atoms. The summed E-state index contributed by atoms with van der Waals surface area (Å²) >= 11 is 9.13. The van der Waals surface area contributed by atoms with Gasteiger partial charge in [-0.25, -0.2) is 0 Å². The Morgan fingerprint density at radius 1 is 1.43 bits per heavy atom. The molecule has 0 atom stereocenters. The van der Waals surface area contributed by atoms with E-state index in [1.54, 1.807) is 0 Å². The van der Waals surface area contributed by atoms with E-state index in [9.17, 15) is 0 Å². The number of aromatic nitrogens is 2. The van der Waals surface area contributed by atoms with Crippen LogP contribution in [0.4, 0.5) is 5.82 Å². The van der Waals surface area contributed by atoms with Crippen LogP contribution in [0.25, 0.3) is 0 Å². The van der Waals surface area contributed by atoms with Gasteiger partial charge in [0.25, 0.3) is 0 Å². The second-order valence-corrected chi connectivity index (χ2v) is 6.60. The lowest BCUT2D eigenvalue weighted by Gasteiger charge is -2.37. The smallest absolute Gasteiger partial charge is 0.187 e. The lowest BCUT2D eigenvalue weighted by molar-refractivity contribution is 0.644. The SMILES string of the molecule is CC1(C)CN(c2nsnc2Cl)CCS1. The zero-order valence-electron chi connectivity index (χ0n) is 8.16. The highest BCUT2D eigenvalue weighted by atomic mass is 35.5. The molecular weight excluding hydrogens is 238 g/mol. The highest BCUT2D eigenvalue weighted by Crippen LogP contribution is 2.33. The zero-order valence-corrected chi connectivity index (χ0v) is 10.5. The molecule has 0 aromatic carbocycles. The van der Waals surface area contributed by atoms with Crippen molar-refractivity contribution < 1.29 is 0 Å². The quantitative estimate of drug-likeness (QED) is 0.765. The van der Waals surface area contributed by atoms with Gasteiger partial charge in [0, 0.05) is 23.6 Å². The second kappa shape index (κ2) is 3.87. The van der Waals surface area contributed by atoms with Crippen molar-refractivity contribution in [3.8, 4) is 0 Å². The molecule has 1 aliphatic rings. The fourth-order valence-corrected chi connectivity index (χ4v) is 3.45. The van der Waals surface area contributed by atoms with Crippen LogP contribution < -0.4 is 4.90 Å². The molecule has 0 aliphatic carbocycles. The molecule has 0 amide bonds. The predicted molar refractivity (Wildman–Crippen MR) is 63.7 cm³/mol. The molecule has 2 heterocycles. The lowest BCUT2D eigenvalue weighted by atomic mass is 10.2. The summed E-state index contributed by atoms with van der Waals surface area (Å²) in [5.41, 5.74) is 0. The Morgan fingerprint density at radius 3 is 2.79 bits per heavy atom. The summed E-state index contributed by atoms with van der Waals surface area (Å²) < 4.78 is 8.49. The van der Waals surface area contributed by atoms with Gasteiger partial charge in [-0.3, -0.25) is 0 Å². The first kappa shape index (κ1) is 10.5. The number of halogens is 1. The van der Waals surface area contributed by atoms with Crippen molar-refractivity contribution in [1.82, 2.24) is 8.75 Å². The Bertz CT molecular complexity index is 326. The molecule has 14 heavy (non-hydrogen) atoms. The second-order valence-electron chi connectivity index (χ2n) is 3.91. The Hall–Kier alpha value is -0.0000000000000000555. The molecule has 1 saturated heterocycles. The maximum atomic E-state index is 5.95. The van der Waals surface area contributed by atoms with Gasteiger partial charge in [-0.05, 0) is 13.8 Å². The van der Waals surface area contributed by atoms with Crippen molar-refractivity contribution in [2.24, 2.45) is 0 Å². The maximum absolute atomic E-state index is 5.95. The summed E-state index contributed by atoms with van der Waals surface area (Å²) in [6.45, 7) is 6.50. The van der Waals surface area contributed by atoms with E-state index >= 15 is 0 Å². The van der Waals surface area contributed by atoms with Crippen molar-refractivity contribution in [1.29, 1.82) is 0 Å². The van der Waals surface area contributed by atoms with Crippen LogP contribution in [0.5, 0.6) is 0 Å². The van der Waals surface area contributed by atoms with Crippen LogP contribution in [0.3, 0.4) is 0 Å². The number of thioether (sulfide) groups is 1. The minimum atomic E-state index is 0.283. The largest absolute Gasteiger partial charge is 0.351 e. The van der Waals surface area contributed by atoms with E-state index < -0.39 is 0 Å². The highest BCUT2D eigenvalue weighted by Gasteiger charge is 2.29. The molecule has 0 saturated carbocycles. The lowest BCUT2D eigenvalue weighted by Crippen LogP contribution is -2.43. The van der Waals surface area contributed by atoms with Gasteiger partial charge in [0.15, 0.2) is 11.0 Å². The Labute approximate surface area is 97.2 Å². The van der Waals surface area contributed by atoms with E-state index in [0.717, 1.165) is 24.7 Å². The summed E-state index contributed by atoms with van der Waals surface area (Å²) in [6.07, 6.45) is 0. The van der Waals surface area contributed by atoms with Gasteiger partial charge in [0.1, 0.15) is 0 Å². The molecule has 78 valence electrons. The van der Waals surface area contributed by atoms with E-state index in [1.165, 1.54) is 11.7 Å². The topological polar surface area (TPSA) is 29.0 Å². The van der Waals surface area contributed by atoms with Crippen LogP contribution in [0, 0.1) is 0 Å².